The normalized spacial score (nSPS) is 15.1. The van der Waals surface area contributed by atoms with Crippen LogP contribution in [0.25, 0.3) is 10.7 Å². The second kappa shape index (κ2) is 5.89. The van der Waals surface area contributed by atoms with E-state index in [1.54, 1.807) is 11.3 Å². The van der Waals surface area contributed by atoms with Crippen LogP contribution in [0.5, 0.6) is 0 Å². The van der Waals surface area contributed by atoms with E-state index >= 15 is 0 Å². The summed E-state index contributed by atoms with van der Waals surface area (Å²) in [5.41, 5.74) is 0. The molecule has 0 atom stereocenters. The molecular weight excluding hydrogens is 264 g/mol. The quantitative estimate of drug-likeness (QED) is 0.722. The highest BCUT2D eigenvalue weighted by molar-refractivity contribution is 7.99. The number of thioether (sulfide) groups is 1. The molecule has 3 nitrogen and oxygen atoms in total. The maximum atomic E-state index is 5.26. The average Bonchev–Trinajstić information content (AvgIpc) is 2.89. The zero-order valence-corrected chi connectivity index (χ0v) is 11.8. The Morgan fingerprint density at radius 2 is 2.39 bits per heavy atom. The fraction of sp³-hybridized carbons (Fsp3) is 0.538. The van der Waals surface area contributed by atoms with Gasteiger partial charge in [0.1, 0.15) is 0 Å². The zero-order valence-electron chi connectivity index (χ0n) is 10.2. The minimum absolute atomic E-state index is 0.727. The minimum Gasteiger partial charge on any atom is -0.339 e. The van der Waals surface area contributed by atoms with Gasteiger partial charge in [-0.3, -0.25) is 0 Å². The van der Waals surface area contributed by atoms with Crippen molar-refractivity contribution >= 4 is 23.1 Å². The van der Waals surface area contributed by atoms with Gasteiger partial charge in [-0.25, -0.2) is 0 Å². The lowest BCUT2D eigenvalue weighted by Gasteiger charge is -1.97. The summed E-state index contributed by atoms with van der Waals surface area (Å²) in [6.07, 6.45) is 4.92. The highest BCUT2D eigenvalue weighted by Gasteiger charge is 2.20. The van der Waals surface area contributed by atoms with Crippen molar-refractivity contribution < 1.29 is 4.52 Å². The first-order valence-corrected chi connectivity index (χ1v) is 8.39. The predicted molar refractivity (Wildman–Crippen MR) is 76.0 cm³/mol. The smallest absolute Gasteiger partial charge is 0.227 e. The van der Waals surface area contributed by atoms with Crippen molar-refractivity contribution in [2.75, 3.05) is 11.5 Å². The largest absolute Gasteiger partial charge is 0.339 e. The minimum atomic E-state index is 0.727. The van der Waals surface area contributed by atoms with Gasteiger partial charge in [-0.15, -0.1) is 11.3 Å². The van der Waals surface area contributed by atoms with E-state index in [-0.39, 0.29) is 0 Å². The van der Waals surface area contributed by atoms with E-state index in [1.165, 1.54) is 24.3 Å². The Labute approximate surface area is 115 Å². The van der Waals surface area contributed by atoms with Crippen LogP contribution in [0.4, 0.5) is 0 Å². The second-order valence-corrected chi connectivity index (χ2v) is 6.71. The molecular formula is C13H16N2OS2. The van der Waals surface area contributed by atoms with E-state index in [1.807, 2.05) is 17.5 Å². The molecule has 0 bridgehead atoms. The van der Waals surface area contributed by atoms with Crippen molar-refractivity contribution in [2.45, 2.75) is 25.7 Å². The number of aryl methyl sites for hydroxylation is 1. The summed E-state index contributed by atoms with van der Waals surface area (Å²) in [4.78, 5) is 5.50. The number of hydrogen-bond donors (Lipinski definition) is 0. The van der Waals surface area contributed by atoms with Crippen molar-refractivity contribution in [1.82, 2.24) is 10.1 Å². The molecule has 0 saturated heterocycles. The molecule has 2 heterocycles. The van der Waals surface area contributed by atoms with Gasteiger partial charge in [0, 0.05) is 6.42 Å². The Kier molecular flexibility index (Phi) is 4.00. The Bertz CT molecular complexity index is 477. The molecule has 1 fully saturated rings. The fourth-order valence-corrected chi connectivity index (χ4v) is 3.55. The van der Waals surface area contributed by atoms with Crippen molar-refractivity contribution in [1.29, 1.82) is 0 Å². The zero-order chi connectivity index (χ0) is 12.2. The van der Waals surface area contributed by atoms with Gasteiger partial charge in [0.15, 0.2) is 0 Å². The van der Waals surface area contributed by atoms with Crippen LogP contribution in [-0.2, 0) is 6.42 Å². The molecule has 1 saturated carbocycles. The lowest BCUT2D eigenvalue weighted by atomic mass is 10.3. The SMILES string of the molecule is c1csc(-c2noc(CCCSCC3CC3)n2)c1. The van der Waals surface area contributed by atoms with Gasteiger partial charge in [0.05, 0.1) is 4.88 Å². The maximum absolute atomic E-state index is 5.26. The topological polar surface area (TPSA) is 38.9 Å². The Morgan fingerprint density at radius 1 is 1.44 bits per heavy atom. The molecule has 0 aromatic carbocycles. The fourth-order valence-electron chi connectivity index (χ4n) is 1.72. The molecule has 0 amide bonds. The average molecular weight is 280 g/mol. The van der Waals surface area contributed by atoms with Gasteiger partial charge in [0.25, 0.3) is 0 Å². The standard InChI is InChI=1S/C13H16N2OS2/c1-3-11(18-8-1)13-14-12(16-15-13)4-2-7-17-9-10-5-6-10/h1,3,8,10H,2,4-7,9H2. The summed E-state index contributed by atoms with van der Waals surface area (Å²) in [6.45, 7) is 0. The molecule has 18 heavy (non-hydrogen) atoms. The first-order chi connectivity index (χ1) is 8.92. The molecule has 1 aliphatic carbocycles. The van der Waals surface area contributed by atoms with Gasteiger partial charge in [-0.2, -0.15) is 16.7 Å². The lowest BCUT2D eigenvalue weighted by molar-refractivity contribution is 0.378. The van der Waals surface area contributed by atoms with Crippen molar-refractivity contribution in [3.63, 3.8) is 0 Å². The molecule has 0 spiro atoms. The van der Waals surface area contributed by atoms with Gasteiger partial charge in [-0.1, -0.05) is 11.2 Å². The van der Waals surface area contributed by atoms with Gasteiger partial charge in [-0.05, 0) is 48.1 Å². The van der Waals surface area contributed by atoms with Crippen molar-refractivity contribution in [3.8, 4) is 10.7 Å². The number of nitrogens with zero attached hydrogens (tertiary/aromatic N) is 2. The molecule has 5 heteroatoms. The molecule has 0 aliphatic heterocycles. The summed E-state index contributed by atoms with van der Waals surface area (Å²) in [5, 5.41) is 6.04. The summed E-state index contributed by atoms with van der Waals surface area (Å²) >= 11 is 3.70. The van der Waals surface area contributed by atoms with Gasteiger partial charge < -0.3 is 4.52 Å². The van der Waals surface area contributed by atoms with Crippen LogP contribution in [0, 0.1) is 5.92 Å². The molecule has 1 aliphatic rings. The van der Waals surface area contributed by atoms with Crippen LogP contribution < -0.4 is 0 Å². The van der Waals surface area contributed by atoms with E-state index in [0.29, 0.717) is 0 Å². The van der Waals surface area contributed by atoms with Crippen LogP contribution in [0.1, 0.15) is 25.2 Å². The first-order valence-electron chi connectivity index (χ1n) is 6.36. The number of aromatic nitrogens is 2. The molecule has 2 aromatic rings. The number of hydrogen-bond acceptors (Lipinski definition) is 5. The van der Waals surface area contributed by atoms with Gasteiger partial charge >= 0.3 is 0 Å². The highest BCUT2D eigenvalue weighted by atomic mass is 32.2. The van der Waals surface area contributed by atoms with E-state index in [0.717, 1.165) is 35.4 Å². The summed E-state index contributed by atoms with van der Waals surface area (Å²) in [6, 6.07) is 4.02. The monoisotopic (exact) mass is 280 g/mol. The van der Waals surface area contributed by atoms with Crippen LogP contribution in [-0.4, -0.2) is 21.6 Å². The molecule has 2 aromatic heterocycles. The van der Waals surface area contributed by atoms with E-state index in [2.05, 4.69) is 21.9 Å². The Hall–Kier alpha value is -0.810. The van der Waals surface area contributed by atoms with Crippen molar-refractivity contribution in [2.24, 2.45) is 5.92 Å². The van der Waals surface area contributed by atoms with E-state index < -0.39 is 0 Å². The second-order valence-electron chi connectivity index (χ2n) is 4.61. The third-order valence-electron chi connectivity index (χ3n) is 2.94. The van der Waals surface area contributed by atoms with Crippen molar-refractivity contribution in [3.05, 3.63) is 23.4 Å². The Morgan fingerprint density at radius 3 is 3.17 bits per heavy atom. The molecule has 0 unspecified atom stereocenters. The number of thiophene rings is 1. The molecule has 0 N–H and O–H groups in total. The van der Waals surface area contributed by atoms with Crippen LogP contribution >= 0.6 is 23.1 Å². The summed E-state index contributed by atoms with van der Waals surface area (Å²) in [5.74, 6) is 5.05. The summed E-state index contributed by atoms with van der Waals surface area (Å²) in [7, 11) is 0. The summed E-state index contributed by atoms with van der Waals surface area (Å²) < 4.78 is 5.26. The van der Waals surface area contributed by atoms with Gasteiger partial charge in [0.2, 0.25) is 11.7 Å². The third kappa shape index (κ3) is 3.36. The van der Waals surface area contributed by atoms with Crippen LogP contribution in [0.2, 0.25) is 0 Å². The van der Waals surface area contributed by atoms with E-state index in [9.17, 15) is 0 Å². The molecule has 96 valence electrons. The molecule has 3 rings (SSSR count). The van der Waals surface area contributed by atoms with E-state index in [4.69, 9.17) is 4.52 Å². The first kappa shape index (κ1) is 12.2. The number of rotatable bonds is 7. The molecule has 0 radical (unpaired) electrons. The lowest BCUT2D eigenvalue weighted by Crippen LogP contribution is -1.90. The predicted octanol–water partition coefficient (Wildman–Crippen LogP) is 3.87. The van der Waals surface area contributed by atoms with Crippen LogP contribution in [0.3, 0.4) is 0 Å². The Balaban J connectivity index is 1.42. The van der Waals surface area contributed by atoms with Crippen LogP contribution in [0.15, 0.2) is 22.0 Å². The maximum Gasteiger partial charge on any atom is 0.227 e. The third-order valence-corrected chi connectivity index (χ3v) is 5.09. The highest BCUT2D eigenvalue weighted by Crippen LogP contribution is 2.32.